The Balaban J connectivity index is 0.000000145. The Kier molecular flexibility index (Phi) is 28.1. The minimum atomic E-state index is -0.387. The molecule has 1 unspecified atom stereocenters. The van der Waals surface area contributed by atoms with Crippen molar-refractivity contribution >= 4 is 41.1 Å². The highest BCUT2D eigenvalue weighted by molar-refractivity contribution is 5.80. The Morgan fingerprint density at radius 1 is 0.440 bits per heavy atom. The topological polar surface area (TPSA) is 330 Å². The van der Waals surface area contributed by atoms with E-state index >= 15 is 0 Å². The number of carbonyl (C=O) groups is 4. The van der Waals surface area contributed by atoms with Crippen LogP contribution in [0.2, 0.25) is 0 Å². The molecule has 0 spiro atoms. The molecule has 11 heterocycles. The van der Waals surface area contributed by atoms with Crippen LogP contribution in [0.5, 0.6) is 17.6 Å². The molecule has 0 aliphatic carbocycles. The second kappa shape index (κ2) is 40.9. The van der Waals surface area contributed by atoms with Gasteiger partial charge in [-0.3, -0.25) is 19.2 Å². The average Bonchev–Trinajstić information content (AvgIpc) is 1.67. The van der Waals surface area contributed by atoms with Gasteiger partial charge in [-0.2, -0.15) is 0 Å². The normalized spacial score (nSPS) is 15.9. The molecule has 0 saturated carbocycles. The summed E-state index contributed by atoms with van der Waals surface area (Å²) in [6, 6.07) is 40.2. The largest absolute Gasteiger partial charge is 0.477 e. The quantitative estimate of drug-likeness (QED) is 0.0456. The molecule has 2 N–H and O–H groups in total. The number of aromatic nitrogens is 15. The number of hydrogen-bond donors (Lipinski definition) is 2. The third-order valence-electron chi connectivity index (χ3n) is 21.4. The number of anilines is 3. The van der Waals surface area contributed by atoms with E-state index in [1.165, 1.54) is 106 Å². The predicted molar refractivity (Wildman–Crippen MR) is 446 cm³/mol. The Hall–Kier alpha value is -13.9. The number of amides is 4. The molecule has 17 rings (SSSR count). The first-order valence-electron chi connectivity index (χ1n) is 40.8. The second-order valence-corrected chi connectivity index (χ2v) is 30.0. The number of halogens is 6. The van der Waals surface area contributed by atoms with Gasteiger partial charge in [0.1, 0.15) is 104 Å². The average molecular weight is 1710 g/mol. The summed E-state index contributed by atoms with van der Waals surface area (Å²) in [4.78, 5) is 104. The van der Waals surface area contributed by atoms with Crippen LogP contribution in [0.3, 0.4) is 0 Å². The third kappa shape index (κ3) is 22.9. The lowest BCUT2D eigenvalue weighted by atomic mass is 10.1. The van der Waals surface area contributed by atoms with Gasteiger partial charge in [0.05, 0.1) is 19.3 Å². The summed E-state index contributed by atoms with van der Waals surface area (Å²) < 4.78 is 109. The van der Waals surface area contributed by atoms with Crippen LogP contribution in [0.15, 0.2) is 183 Å². The van der Waals surface area contributed by atoms with Crippen LogP contribution in [0.25, 0.3) is 68.3 Å². The summed E-state index contributed by atoms with van der Waals surface area (Å²) in [5.74, 6) is 3.33. The van der Waals surface area contributed by atoms with E-state index in [1.54, 1.807) is 99.6 Å². The Bertz CT molecular complexity index is 5620. The molecule has 38 heteroatoms. The fourth-order valence-corrected chi connectivity index (χ4v) is 14.5. The molecular formula is C87H89F6N23O9. The van der Waals surface area contributed by atoms with Crippen LogP contribution in [0.4, 0.5) is 43.8 Å². The first kappa shape index (κ1) is 86.1. The number of aliphatic hydroxyl groups excluding tert-OH is 1. The second-order valence-electron chi connectivity index (χ2n) is 30.0. The molecule has 0 radical (unpaired) electrons. The van der Waals surface area contributed by atoms with Gasteiger partial charge in [-0.1, -0.05) is 0 Å². The number of likely N-dealkylation sites (N-methyl/N-ethyl adjacent to an activating group) is 1. The van der Waals surface area contributed by atoms with Crippen molar-refractivity contribution in [3.63, 3.8) is 0 Å². The number of benzene rings is 6. The van der Waals surface area contributed by atoms with E-state index in [0.717, 1.165) is 31.1 Å². The minimum Gasteiger partial charge on any atom is -0.477 e. The fourth-order valence-electron chi connectivity index (χ4n) is 14.5. The van der Waals surface area contributed by atoms with Crippen LogP contribution in [0.1, 0.15) is 19.3 Å². The molecule has 5 aliphatic rings. The molecule has 32 nitrogen and oxygen atoms in total. The molecule has 648 valence electrons. The standard InChI is InChI=1S/C29H28F2N8O3.C29H32F2N8O3.C29H29F2N7O3/c30-22-5-1-20(2-6-22)28-35-29(21-3-7-23(31)8-4-21)39(36-28)16-27(41)38-11-9-37(10-12-38)24-14-26(34-18-33-24)42-17-19-13-25(40)32-15-19;1-36(14-16-40)15-17-42-26-18-25(32-20-33-26)37-10-12-38(13-11-37)27(41)19-39-29(22-4-8-24(31)9-5-22)34-28(35-39)21-2-6-23(30)7-3-21;30-22-7-3-20(4-8-22)28-34-29(21-5-9-23(31)10-6-21)38(35-28)17-27(39)37-13-11-36(12-14-37)25-16-26(33-19-32-25)41-18-24-2-1-15-40-24/h1-8,14,18-19H,9-13,15-17H2,(H,32,40);2-9,18,20,40H,10-17,19H2,1H3;3-10,16,19,24H,1-2,11-15,17-18H2/t;;24-/m..0/s1. The molecule has 5 saturated heterocycles. The highest BCUT2D eigenvalue weighted by Crippen LogP contribution is 2.31. The zero-order valence-electron chi connectivity index (χ0n) is 68.2. The van der Waals surface area contributed by atoms with Gasteiger partial charge in [0.15, 0.2) is 34.9 Å². The summed E-state index contributed by atoms with van der Waals surface area (Å²) in [7, 11) is 1.91. The first-order valence-corrected chi connectivity index (χ1v) is 40.8. The van der Waals surface area contributed by atoms with Gasteiger partial charge in [0.2, 0.25) is 41.3 Å². The highest BCUT2D eigenvalue weighted by atomic mass is 19.1. The summed E-state index contributed by atoms with van der Waals surface area (Å²) in [5, 5.41) is 25.5. The van der Waals surface area contributed by atoms with Crippen LogP contribution >= 0.6 is 0 Å². The lowest BCUT2D eigenvalue weighted by molar-refractivity contribution is -0.133. The maximum atomic E-state index is 13.6. The Labute approximate surface area is 714 Å². The minimum absolute atomic E-state index is 0.0308. The van der Waals surface area contributed by atoms with Crippen molar-refractivity contribution in [2.45, 2.75) is 45.0 Å². The summed E-state index contributed by atoms with van der Waals surface area (Å²) >= 11 is 0. The van der Waals surface area contributed by atoms with Gasteiger partial charge < -0.3 is 63.7 Å². The molecule has 5 fully saturated rings. The van der Waals surface area contributed by atoms with Crippen LogP contribution in [-0.4, -0.2) is 267 Å². The van der Waals surface area contributed by atoms with E-state index in [2.05, 4.69) is 80.2 Å². The van der Waals surface area contributed by atoms with Gasteiger partial charge in [0, 0.05) is 169 Å². The van der Waals surface area contributed by atoms with Crippen molar-refractivity contribution in [1.29, 1.82) is 0 Å². The van der Waals surface area contributed by atoms with Crippen LogP contribution in [0, 0.1) is 40.8 Å². The van der Waals surface area contributed by atoms with E-state index in [0.29, 0.717) is 216 Å². The number of nitrogens with one attached hydrogen (secondary N) is 1. The van der Waals surface area contributed by atoms with E-state index < -0.39 is 0 Å². The lowest BCUT2D eigenvalue weighted by Gasteiger charge is -2.35. The lowest BCUT2D eigenvalue weighted by Crippen LogP contribution is -2.50. The SMILES string of the molecule is CN(CCO)CCOc1cc(N2CCN(C(=O)Cn3nc(-c4ccc(F)cc4)nc3-c3ccc(F)cc3)CC2)ncn1.O=C(Cn1nc(-c2ccc(F)cc2)nc1-c1ccc(F)cc1)N1CCN(c2cc(OC[C@@H]3CCCO3)ncn2)CC1.O=C1CC(COc2cc(N3CCN(C(=O)Cn4nc(-c5ccc(F)cc5)nc4-c4ccc(F)cc4)CC3)ncn2)CN1. The predicted octanol–water partition coefficient (Wildman–Crippen LogP) is 8.46. The summed E-state index contributed by atoms with van der Waals surface area (Å²) in [5.41, 5.74) is 3.64. The number of carbonyl (C=O) groups excluding carboxylic acids is 4. The number of aliphatic hydroxyl groups is 1. The van der Waals surface area contributed by atoms with Gasteiger partial charge in [-0.25, -0.2) is 85.2 Å². The molecule has 5 aliphatic heterocycles. The summed E-state index contributed by atoms with van der Waals surface area (Å²) in [6.07, 6.45) is 6.97. The molecule has 4 amide bonds. The number of piperazine rings is 3. The van der Waals surface area contributed by atoms with Crippen molar-refractivity contribution in [2.24, 2.45) is 5.92 Å². The zero-order valence-corrected chi connectivity index (χ0v) is 68.2. The molecule has 2 atom stereocenters. The molecule has 6 aromatic heterocycles. The highest BCUT2D eigenvalue weighted by Gasteiger charge is 2.31. The fraction of sp³-hybridized carbons (Fsp3) is 0.333. The molecule has 6 aromatic carbocycles. The zero-order chi connectivity index (χ0) is 86.7. The van der Waals surface area contributed by atoms with Crippen molar-refractivity contribution in [3.8, 4) is 86.0 Å². The number of ether oxygens (including phenoxy) is 4. The van der Waals surface area contributed by atoms with Crippen molar-refractivity contribution in [1.82, 2.24) is 99.1 Å². The van der Waals surface area contributed by atoms with E-state index in [-0.39, 0.29) is 96.8 Å². The van der Waals surface area contributed by atoms with Gasteiger partial charge in [-0.15, -0.1) is 15.3 Å². The van der Waals surface area contributed by atoms with Crippen LogP contribution < -0.4 is 34.2 Å². The van der Waals surface area contributed by atoms with Crippen molar-refractivity contribution in [2.75, 3.05) is 153 Å². The van der Waals surface area contributed by atoms with E-state index in [4.69, 9.17) is 24.1 Å². The number of hydrogen-bond acceptors (Lipinski definition) is 25. The first-order chi connectivity index (χ1) is 60.8. The molecule has 0 bridgehead atoms. The third-order valence-corrected chi connectivity index (χ3v) is 21.4. The molecule has 12 aromatic rings. The smallest absolute Gasteiger partial charge is 0.244 e. The van der Waals surface area contributed by atoms with Gasteiger partial charge in [-0.05, 0) is 165 Å². The van der Waals surface area contributed by atoms with Crippen molar-refractivity contribution < 1.29 is 69.6 Å². The maximum Gasteiger partial charge on any atom is 0.244 e. The number of nitrogens with zero attached hydrogens (tertiary/aromatic N) is 22. The van der Waals surface area contributed by atoms with Crippen LogP contribution in [-0.2, 0) is 43.5 Å². The number of rotatable bonds is 27. The Morgan fingerprint density at radius 3 is 1.08 bits per heavy atom. The van der Waals surface area contributed by atoms with E-state index in [9.17, 15) is 45.5 Å². The summed E-state index contributed by atoms with van der Waals surface area (Å²) in [6.45, 7) is 10.2. The Morgan fingerprint density at radius 2 is 0.768 bits per heavy atom. The van der Waals surface area contributed by atoms with Crippen molar-refractivity contribution in [3.05, 3.63) is 218 Å². The van der Waals surface area contributed by atoms with Gasteiger partial charge >= 0.3 is 0 Å². The monoisotopic (exact) mass is 1710 g/mol. The maximum absolute atomic E-state index is 13.6. The molecular weight excluding hydrogens is 1630 g/mol. The molecule has 125 heavy (non-hydrogen) atoms. The van der Waals surface area contributed by atoms with Gasteiger partial charge in [0.25, 0.3) is 0 Å². The van der Waals surface area contributed by atoms with E-state index in [1.807, 2.05) is 18.0 Å².